The maximum absolute atomic E-state index is 12.6. The number of nitrogens with one attached hydrogen (secondary N) is 4. The summed E-state index contributed by atoms with van der Waals surface area (Å²) < 4.78 is 10.6. The van der Waals surface area contributed by atoms with Gasteiger partial charge in [-0.15, -0.1) is 12.4 Å². The third-order valence-corrected chi connectivity index (χ3v) is 17.4. The second-order valence-electron chi connectivity index (χ2n) is 25.0. The Bertz CT molecular complexity index is 2920. The van der Waals surface area contributed by atoms with Crippen molar-refractivity contribution in [2.24, 2.45) is 35.5 Å². The zero-order valence-electron chi connectivity index (χ0n) is 48.0. The molecule has 4 N–H and O–H groups in total. The first-order valence-corrected chi connectivity index (χ1v) is 28.5. The number of esters is 2. The van der Waals surface area contributed by atoms with Crippen LogP contribution in [0, 0.1) is 35.5 Å². The second-order valence-corrected chi connectivity index (χ2v) is 25.0. The van der Waals surface area contributed by atoms with Crippen LogP contribution in [-0.2, 0) is 28.7 Å². The highest BCUT2D eigenvalue weighted by atomic mass is 35.5. The number of halogens is 1. The van der Waals surface area contributed by atoms with Crippen molar-refractivity contribution in [2.75, 3.05) is 75.1 Å². The fourth-order valence-corrected chi connectivity index (χ4v) is 13.5. The summed E-state index contributed by atoms with van der Waals surface area (Å²) in [6.07, 6.45) is 18.1. The van der Waals surface area contributed by atoms with Gasteiger partial charge in [0.1, 0.15) is 64.6 Å². The Balaban J connectivity index is 0.000000148. The van der Waals surface area contributed by atoms with Gasteiger partial charge in [-0.2, -0.15) is 0 Å². The Morgan fingerprint density at radius 2 is 0.787 bits per heavy atom. The van der Waals surface area contributed by atoms with E-state index in [1.807, 2.05) is 82.1 Å². The third-order valence-electron chi connectivity index (χ3n) is 17.4. The van der Waals surface area contributed by atoms with Crippen LogP contribution >= 0.6 is 12.4 Å². The molecule has 6 fully saturated rings. The van der Waals surface area contributed by atoms with E-state index in [1.54, 1.807) is 19.0 Å². The number of nitrogens with zero attached hydrogens (tertiary/aromatic N) is 11. The van der Waals surface area contributed by atoms with Gasteiger partial charge in [0.25, 0.3) is 0 Å². The molecule has 80 heavy (non-hydrogen) atoms. The van der Waals surface area contributed by atoms with Gasteiger partial charge in [0.05, 0.1) is 29.0 Å². The third kappa shape index (κ3) is 13.2. The van der Waals surface area contributed by atoms with Crippen LogP contribution in [-0.4, -0.2) is 168 Å². The maximum atomic E-state index is 12.6. The summed E-state index contributed by atoms with van der Waals surface area (Å²) in [5, 5.41) is 6.70. The van der Waals surface area contributed by atoms with E-state index < -0.39 is 11.2 Å². The van der Waals surface area contributed by atoms with Crippen molar-refractivity contribution in [3.63, 3.8) is 0 Å². The molecule has 22 heteroatoms. The molecular weight excluding hydrogens is 1040 g/mol. The SMILES string of the molecule is CN(c1ncnc2[nH]ccc12)C1C[C@@H]2CN(C(=O)CCC(=O)OC(C)(C)C)C[C@@H]2C1.CN(c1ncnc2[nH]ccc12)C1C[C@@H]2CN(C(=O)CCC(=O)OC(C)(C)C)C[C@@H]2C1.CN(c1ncnc2[nH]ccc12)C1C[C@H]2CNC[C@H]2C1.Cl. The van der Waals surface area contributed by atoms with Gasteiger partial charge >= 0.3 is 11.9 Å². The van der Waals surface area contributed by atoms with Crippen LogP contribution in [0.15, 0.2) is 55.8 Å². The van der Waals surface area contributed by atoms with Crippen LogP contribution in [0.2, 0.25) is 0 Å². The fourth-order valence-electron chi connectivity index (χ4n) is 13.5. The molecule has 0 aromatic carbocycles. The maximum Gasteiger partial charge on any atom is 0.306 e. The molecule has 3 saturated carbocycles. The molecule has 432 valence electrons. The molecule has 9 atom stereocenters. The monoisotopic (exact) mass is 1120 g/mol. The van der Waals surface area contributed by atoms with Crippen molar-refractivity contribution in [1.29, 1.82) is 0 Å². The van der Waals surface area contributed by atoms with Crippen molar-refractivity contribution in [3.8, 4) is 0 Å². The smallest absolute Gasteiger partial charge is 0.306 e. The molecule has 6 aromatic heterocycles. The molecule has 6 aliphatic rings. The normalized spacial score (nSPS) is 24.8. The van der Waals surface area contributed by atoms with Crippen LogP contribution in [0.1, 0.15) is 106 Å². The van der Waals surface area contributed by atoms with E-state index in [4.69, 9.17) is 9.47 Å². The van der Waals surface area contributed by atoms with Gasteiger partial charge in [-0.05, 0) is 147 Å². The van der Waals surface area contributed by atoms with E-state index in [0.29, 0.717) is 41.8 Å². The zero-order valence-corrected chi connectivity index (χ0v) is 48.8. The molecule has 3 aliphatic heterocycles. The van der Waals surface area contributed by atoms with Crippen molar-refractivity contribution in [3.05, 3.63) is 55.8 Å². The number of amides is 2. The molecule has 0 radical (unpaired) electrons. The lowest BCUT2D eigenvalue weighted by Gasteiger charge is -2.28. The van der Waals surface area contributed by atoms with Gasteiger partial charge in [0.15, 0.2) is 0 Å². The predicted octanol–water partition coefficient (Wildman–Crippen LogP) is 7.32. The summed E-state index contributed by atoms with van der Waals surface area (Å²) in [6.45, 7) is 16.5. The number of hydrogen-bond donors (Lipinski definition) is 4. The summed E-state index contributed by atoms with van der Waals surface area (Å²) in [4.78, 5) is 95.5. The van der Waals surface area contributed by atoms with Crippen molar-refractivity contribution in [1.82, 2.24) is 60.0 Å². The minimum atomic E-state index is -0.512. The Kier molecular flexibility index (Phi) is 17.6. The lowest BCUT2D eigenvalue weighted by molar-refractivity contribution is -0.157. The molecule has 9 heterocycles. The van der Waals surface area contributed by atoms with Gasteiger partial charge in [-0.3, -0.25) is 19.2 Å². The Morgan fingerprint density at radius 3 is 1.09 bits per heavy atom. The van der Waals surface area contributed by atoms with Crippen LogP contribution in [0.4, 0.5) is 17.5 Å². The number of H-pyrrole nitrogens is 3. The van der Waals surface area contributed by atoms with Crippen LogP contribution in [0.5, 0.6) is 0 Å². The first-order valence-electron chi connectivity index (χ1n) is 28.5. The van der Waals surface area contributed by atoms with E-state index in [0.717, 1.165) is 114 Å². The summed E-state index contributed by atoms with van der Waals surface area (Å²) >= 11 is 0. The number of ether oxygens (including phenoxy) is 2. The molecule has 6 aromatic rings. The molecule has 3 aliphatic carbocycles. The largest absolute Gasteiger partial charge is 0.460 e. The van der Waals surface area contributed by atoms with Crippen LogP contribution in [0.25, 0.3) is 33.1 Å². The second kappa shape index (κ2) is 24.2. The Hall–Kier alpha value is -6.61. The number of rotatable bonds is 12. The van der Waals surface area contributed by atoms with Crippen LogP contribution in [0.3, 0.4) is 0 Å². The number of anilines is 3. The Morgan fingerprint density at radius 1 is 0.487 bits per heavy atom. The van der Waals surface area contributed by atoms with Gasteiger partial charge in [-0.25, -0.2) is 29.9 Å². The highest BCUT2D eigenvalue weighted by molar-refractivity contribution is 5.89. The molecule has 21 nitrogen and oxygen atoms in total. The molecule has 12 rings (SSSR count). The van der Waals surface area contributed by atoms with Gasteiger partial charge in [0.2, 0.25) is 11.8 Å². The van der Waals surface area contributed by atoms with Crippen molar-refractivity contribution >= 4 is 86.7 Å². The minimum Gasteiger partial charge on any atom is -0.460 e. The van der Waals surface area contributed by atoms with E-state index in [9.17, 15) is 19.2 Å². The summed E-state index contributed by atoms with van der Waals surface area (Å²) in [5.74, 6) is 6.21. The quantitative estimate of drug-likeness (QED) is 0.0878. The number of carbonyl (C=O) groups is 4. The predicted molar refractivity (Wildman–Crippen MR) is 310 cm³/mol. The number of hydrogen-bond acceptors (Lipinski definition) is 16. The highest BCUT2D eigenvalue weighted by Gasteiger charge is 2.46. The van der Waals surface area contributed by atoms with E-state index in [1.165, 1.54) is 25.9 Å². The summed E-state index contributed by atoms with van der Waals surface area (Å²) in [5.41, 5.74) is 1.61. The zero-order chi connectivity index (χ0) is 55.8. The summed E-state index contributed by atoms with van der Waals surface area (Å²) in [7, 11) is 6.38. The van der Waals surface area contributed by atoms with Gasteiger partial charge < -0.3 is 54.2 Å². The molecular formula is C58H82ClN15O6. The van der Waals surface area contributed by atoms with Gasteiger partial charge in [0, 0.05) is 96.9 Å². The molecule has 0 bridgehead atoms. The standard InChI is InChI=1S/2C22H31N5O3.C14H19N5.ClH/c2*1-22(2,3)30-19(29)6-5-18(28)27-11-14-9-16(10-15(14)12-27)26(4)21-17-7-8-23-20(17)24-13-25-21;1-19(11-4-9-6-15-7-10(9)5-11)14-12-2-3-16-13(12)17-8-18-14;/h2*7-8,13-16H,5-6,9-12H2,1-4H3,(H,23,24,25);2-3,8-11,15H,4-7H2,1H3,(H,16,17,18);1H/t2*14-,15+,16?;9-,10+,11?;. The lowest BCUT2D eigenvalue weighted by atomic mass is 10.0. The molecule has 2 amide bonds. The fraction of sp³-hybridized carbons (Fsp3) is 0.621. The first kappa shape index (κ1) is 58.1. The topological polar surface area (TPSA) is 240 Å². The first-order chi connectivity index (χ1) is 37.7. The average Bonchev–Trinajstić information content (AvgIpc) is 4.25. The van der Waals surface area contributed by atoms with E-state index >= 15 is 0 Å². The molecule has 3 saturated heterocycles. The molecule has 3 unspecified atom stereocenters. The number of carbonyl (C=O) groups excluding carboxylic acids is 4. The van der Waals surface area contributed by atoms with Gasteiger partial charge in [-0.1, -0.05) is 0 Å². The number of aromatic amines is 3. The lowest BCUT2D eigenvalue weighted by Crippen LogP contribution is -2.35. The Labute approximate surface area is 474 Å². The van der Waals surface area contributed by atoms with Crippen molar-refractivity contribution < 1.29 is 28.7 Å². The molecule has 0 spiro atoms. The minimum absolute atomic E-state index is 0. The summed E-state index contributed by atoms with van der Waals surface area (Å²) in [6, 6.07) is 7.53. The number of likely N-dealkylation sites (tertiary alicyclic amines) is 2. The highest BCUT2D eigenvalue weighted by Crippen LogP contribution is 2.44. The van der Waals surface area contributed by atoms with Crippen LogP contribution < -0.4 is 20.0 Å². The van der Waals surface area contributed by atoms with Crippen molar-refractivity contribution in [2.45, 2.75) is 135 Å². The number of aromatic nitrogens is 9. The van der Waals surface area contributed by atoms with E-state index in [-0.39, 0.29) is 61.8 Å². The van der Waals surface area contributed by atoms with E-state index in [2.05, 4.69) is 92.1 Å². The average molecular weight is 1120 g/mol. The number of fused-ring (bicyclic) bond motifs is 6.